The van der Waals surface area contributed by atoms with Crippen LogP contribution in [0.3, 0.4) is 0 Å². The van der Waals surface area contributed by atoms with Crippen LogP contribution in [0.2, 0.25) is 0 Å². The number of hydrogen-bond acceptors (Lipinski definition) is 2. The number of rotatable bonds is 16. The molecule has 0 N–H and O–H groups in total. The molecule has 0 unspecified atom stereocenters. The Morgan fingerprint density at radius 3 is 1.11 bits per heavy atom. The number of carboxylic acids is 1. The van der Waals surface area contributed by atoms with Crippen molar-refractivity contribution >= 4 is 29.1 Å². The molecule has 37 heavy (non-hydrogen) atoms. The molecule has 0 aliphatic carbocycles. The molecule has 0 bridgehead atoms. The van der Waals surface area contributed by atoms with Crippen LogP contribution in [0.25, 0.3) is 0 Å². The Bertz CT molecular complexity index is 856. The van der Waals surface area contributed by atoms with Gasteiger partial charge in [0.05, 0.1) is 6.16 Å². The van der Waals surface area contributed by atoms with Crippen LogP contribution in [0.4, 0.5) is 0 Å². The summed E-state index contributed by atoms with van der Waals surface area (Å²) < 4.78 is 0. The number of carbonyl (C=O) groups is 1. The van der Waals surface area contributed by atoms with Crippen molar-refractivity contribution in [2.24, 2.45) is 0 Å². The monoisotopic (exact) mass is 518 g/mol. The fraction of sp³-hybridized carbons (Fsp3) is 0.441. The molecule has 0 heterocycles. The summed E-state index contributed by atoms with van der Waals surface area (Å²) in [5, 5.41) is 13.4. The van der Waals surface area contributed by atoms with E-state index in [9.17, 15) is 0 Å². The maximum atomic E-state index is 8.89. The summed E-state index contributed by atoms with van der Waals surface area (Å²) in [4.78, 5) is 8.89. The van der Waals surface area contributed by atoms with Gasteiger partial charge in [-0.3, -0.25) is 0 Å². The van der Waals surface area contributed by atoms with Crippen molar-refractivity contribution in [1.82, 2.24) is 0 Å². The van der Waals surface area contributed by atoms with Crippen LogP contribution in [0.15, 0.2) is 91.0 Å². The van der Waals surface area contributed by atoms with Crippen molar-refractivity contribution in [2.45, 2.75) is 90.9 Å². The number of aliphatic carboxylic acids is 1. The predicted molar refractivity (Wildman–Crippen MR) is 162 cm³/mol. The number of benzene rings is 3. The molecule has 0 atom stereocenters. The predicted octanol–water partition coefficient (Wildman–Crippen LogP) is 7.44. The second-order valence-corrected chi connectivity index (χ2v) is 13.5. The van der Waals surface area contributed by atoms with E-state index in [0.29, 0.717) is 0 Å². The van der Waals surface area contributed by atoms with Crippen LogP contribution in [0.1, 0.15) is 90.9 Å². The van der Waals surface area contributed by atoms with Gasteiger partial charge >= 0.3 is 0 Å². The van der Waals surface area contributed by atoms with Gasteiger partial charge in [0.1, 0.15) is 23.2 Å². The average Bonchev–Trinajstić information content (AvgIpc) is 2.93. The molecule has 0 fully saturated rings. The zero-order valence-corrected chi connectivity index (χ0v) is 24.0. The molecule has 0 aliphatic rings. The summed E-state index contributed by atoms with van der Waals surface area (Å²) in [6.45, 7) is 3.27. The van der Waals surface area contributed by atoms with E-state index < -0.39 is 13.2 Å². The fourth-order valence-corrected chi connectivity index (χ4v) is 9.48. The molecule has 0 aliphatic heterocycles. The normalized spacial score (nSPS) is 11.0. The highest BCUT2D eigenvalue weighted by molar-refractivity contribution is 7.95. The SMILES string of the molecule is CC(=O)[O-].CCCCCCCCCCCCCC[P+](c1ccccc1)(c1ccccc1)c1ccccc1. The highest BCUT2D eigenvalue weighted by Gasteiger charge is 2.44. The molecule has 0 radical (unpaired) electrons. The van der Waals surface area contributed by atoms with Gasteiger partial charge in [0.25, 0.3) is 0 Å². The highest BCUT2D eigenvalue weighted by Crippen LogP contribution is 2.55. The van der Waals surface area contributed by atoms with Gasteiger partial charge in [0.15, 0.2) is 0 Å². The fourth-order valence-electron chi connectivity index (χ4n) is 5.07. The van der Waals surface area contributed by atoms with Crippen molar-refractivity contribution in [3.63, 3.8) is 0 Å². The molecule has 0 saturated carbocycles. The van der Waals surface area contributed by atoms with Crippen LogP contribution < -0.4 is 21.0 Å². The highest BCUT2D eigenvalue weighted by atomic mass is 31.2. The lowest BCUT2D eigenvalue weighted by atomic mass is 10.1. The van der Waals surface area contributed by atoms with Crippen LogP contribution in [-0.2, 0) is 4.79 Å². The van der Waals surface area contributed by atoms with Gasteiger partial charge in [-0.15, -0.1) is 0 Å². The Morgan fingerprint density at radius 2 is 0.811 bits per heavy atom. The Kier molecular flexibility index (Phi) is 15.6. The molecule has 0 amide bonds. The quantitative estimate of drug-likeness (QED) is 0.146. The number of carbonyl (C=O) groups excluding carboxylic acids is 1. The van der Waals surface area contributed by atoms with E-state index >= 15 is 0 Å². The minimum absolute atomic E-state index is 0.972. The van der Waals surface area contributed by atoms with Crippen molar-refractivity contribution in [2.75, 3.05) is 6.16 Å². The summed E-state index contributed by atoms with van der Waals surface area (Å²) in [5.74, 6) is -1.08. The van der Waals surface area contributed by atoms with Gasteiger partial charge in [-0.25, -0.2) is 0 Å². The lowest BCUT2D eigenvalue weighted by Crippen LogP contribution is -2.33. The molecule has 3 heteroatoms. The molecule has 200 valence electrons. The third-order valence-electron chi connectivity index (χ3n) is 6.94. The van der Waals surface area contributed by atoms with E-state index in [-0.39, 0.29) is 0 Å². The molecule has 0 aromatic heterocycles. The smallest absolute Gasteiger partial charge is 0.112 e. The molecule has 0 saturated heterocycles. The average molecular weight is 519 g/mol. The maximum Gasteiger partial charge on any atom is 0.112 e. The summed E-state index contributed by atoms with van der Waals surface area (Å²) in [7, 11) is -1.63. The van der Waals surface area contributed by atoms with E-state index in [4.69, 9.17) is 9.90 Å². The summed E-state index contributed by atoms with van der Waals surface area (Å²) in [5.41, 5.74) is 0. The van der Waals surface area contributed by atoms with E-state index in [1.54, 1.807) is 0 Å². The summed E-state index contributed by atoms with van der Waals surface area (Å²) in [6.07, 6.45) is 18.1. The van der Waals surface area contributed by atoms with Gasteiger partial charge in [0, 0.05) is 5.97 Å². The second kappa shape index (κ2) is 18.8. The van der Waals surface area contributed by atoms with Crippen LogP contribution in [-0.4, -0.2) is 12.1 Å². The zero-order valence-electron chi connectivity index (χ0n) is 23.1. The molecular weight excluding hydrogens is 471 g/mol. The lowest BCUT2D eigenvalue weighted by Gasteiger charge is -2.27. The number of hydrogen-bond donors (Lipinski definition) is 0. The van der Waals surface area contributed by atoms with E-state index in [1.807, 2.05) is 0 Å². The first kappa shape index (κ1) is 30.8. The van der Waals surface area contributed by atoms with Crippen LogP contribution in [0.5, 0.6) is 0 Å². The van der Waals surface area contributed by atoms with E-state index in [1.165, 1.54) is 99.1 Å². The van der Waals surface area contributed by atoms with Crippen LogP contribution >= 0.6 is 7.26 Å². The van der Waals surface area contributed by atoms with Gasteiger partial charge < -0.3 is 9.90 Å². The minimum Gasteiger partial charge on any atom is -0.550 e. The van der Waals surface area contributed by atoms with Gasteiger partial charge in [-0.05, 0) is 56.2 Å². The van der Waals surface area contributed by atoms with Crippen molar-refractivity contribution in [3.05, 3.63) is 91.0 Å². The number of unbranched alkanes of at least 4 members (excludes halogenated alkanes) is 11. The number of carboxylic acid groups (broad SMARTS) is 1. The molecule has 2 nitrogen and oxygen atoms in total. The zero-order chi connectivity index (χ0) is 26.6. The molecular formula is C34H47O2P. The lowest BCUT2D eigenvalue weighted by molar-refractivity contribution is -0.302. The van der Waals surface area contributed by atoms with Crippen molar-refractivity contribution < 1.29 is 9.90 Å². The second-order valence-electron chi connectivity index (χ2n) is 9.92. The minimum atomic E-state index is -1.63. The molecule has 0 spiro atoms. The first-order chi connectivity index (χ1) is 18.1. The van der Waals surface area contributed by atoms with Gasteiger partial charge in [0.2, 0.25) is 0 Å². The standard InChI is InChI=1S/C32H44P.C2H4O2/c1-2-3-4-5-6-7-8-9-10-11-12-22-29-33(30-23-16-13-17-24-30,31-25-18-14-19-26-31)32-27-20-15-21-28-32;1-2(3)4/h13-21,23-28H,2-12,22,29H2,1H3;1H3,(H,3,4)/q+1;/p-1. The molecule has 3 rings (SSSR count). The first-order valence-electron chi connectivity index (χ1n) is 14.3. The summed E-state index contributed by atoms with van der Waals surface area (Å²) >= 11 is 0. The van der Waals surface area contributed by atoms with E-state index in [2.05, 4.69) is 97.9 Å². The Balaban J connectivity index is 0.00000112. The summed E-state index contributed by atoms with van der Waals surface area (Å²) in [6, 6.07) is 34.0. The Hall–Kier alpha value is -2.44. The first-order valence-corrected chi connectivity index (χ1v) is 16.3. The largest absolute Gasteiger partial charge is 0.550 e. The maximum absolute atomic E-state index is 8.89. The molecule has 3 aromatic rings. The Labute approximate surface area is 226 Å². The van der Waals surface area contributed by atoms with Crippen molar-refractivity contribution in [3.8, 4) is 0 Å². The van der Waals surface area contributed by atoms with E-state index in [0.717, 1.165) is 6.92 Å². The topological polar surface area (TPSA) is 40.1 Å². The van der Waals surface area contributed by atoms with Gasteiger partial charge in [-0.1, -0.05) is 126 Å². The van der Waals surface area contributed by atoms with Crippen LogP contribution in [0, 0.1) is 0 Å². The molecule has 3 aromatic carbocycles. The third kappa shape index (κ3) is 11.2. The van der Waals surface area contributed by atoms with Crippen molar-refractivity contribution in [1.29, 1.82) is 0 Å². The Morgan fingerprint density at radius 1 is 0.541 bits per heavy atom. The van der Waals surface area contributed by atoms with Gasteiger partial charge in [-0.2, -0.15) is 0 Å². The third-order valence-corrected chi connectivity index (χ3v) is 11.5.